The maximum Gasteiger partial charge on any atom is 0.292 e. The van der Waals surface area contributed by atoms with Crippen LogP contribution in [0.4, 0.5) is 11.4 Å². The van der Waals surface area contributed by atoms with Gasteiger partial charge in [-0.3, -0.25) is 20.2 Å². The maximum absolute atomic E-state index is 12.6. The highest BCUT2D eigenvalue weighted by Crippen LogP contribution is 2.27. The molecule has 0 radical (unpaired) electrons. The molecule has 27 heavy (non-hydrogen) atoms. The summed E-state index contributed by atoms with van der Waals surface area (Å²) in [5.74, 6) is -0.332. The summed E-state index contributed by atoms with van der Waals surface area (Å²) in [7, 11) is 0. The van der Waals surface area contributed by atoms with Gasteiger partial charge >= 0.3 is 0 Å². The normalized spacial score (nSPS) is 12.9. The minimum absolute atomic E-state index is 0.129. The molecule has 0 unspecified atom stereocenters. The number of carbonyl (C=O) groups is 1. The van der Waals surface area contributed by atoms with Crippen molar-refractivity contribution in [2.45, 2.75) is 19.0 Å². The molecule has 1 amide bonds. The zero-order chi connectivity index (χ0) is 19.2. The van der Waals surface area contributed by atoms with Gasteiger partial charge in [-0.15, -0.1) is 11.3 Å². The Labute approximate surface area is 161 Å². The maximum atomic E-state index is 12.6. The topological polar surface area (TPSA) is 84.3 Å². The molecule has 3 rings (SSSR count). The zero-order valence-corrected chi connectivity index (χ0v) is 15.5. The van der Waals surface area contributed by atoms with Crippen molar-refractivity contribution in [3.63, 3.8) is 0 Å². The van der Waals surface area contributed by atoms with Gasteiger partial charge in [0.1, 0.15) is 5.69 Å². The first kappa shape index (κ1) is 18.8. The fourth-order valence-electron chi connectivity index (χ4n) is 2.75. The highest BCUT2D eigenvalue weighted by Gasteiger charge is 2.23. The van der Waals surface area contributed by atoms with Crippen molar-refractivity contribution in [1.29, 1.82) is 0 Å². The summed E-state index contributed by atoms with van der Waals surface area (Å²) in [5, 5.41) is 19.1. The van der Waals surface area contributed by atoms with Gasteiger partial charge in [-0.25, -0.2) is 0 Å². The standard InChI is InChI=1S/C20H19N3O3S/c1-14(20(24)22-16-10-5-6-11-17(16)23(25)26)21-19(18-12-7-13-27-18)15-8-3-2-4-9-15/h2-14,19,21H,1H3,(H,22,24)/t14-,19+/m0/s1. The van der Waals surface area contributed by atoms with Gasteiger partial charge in [0.15, 0.2) is 0 Å². The third-order valence-electron chi connectivity index (χ3n) is 4.13. The summed E-state index contributed by atoms with van der Waals surface area (Å²) in [6.45, 7) is 1.74. The quantitative estimate of drug-likeness (QED) is 0.470. The molecule has 0 bridgehead atoms. The number of carbonyl (C=O) groups excluding carboxylic acids is 1. The van der Waals surface area contributed by atoms with E-state index in [1.54, 1.807) is 30.4 Å². The summed E-state index contributed by atoms with van der Waals surface area (Å²) in [6, 6.07) is 19.3. The smallest absolute Gasteiger partial charge is 0.292 e. The van der Waals surface area contributed by atoms with Gasteiger partial charge in [-0.05, 0) is 30.0 Å². The Morgan fingerprint density at radius 3 is 2.41 bits per heavy atom. The Morgan fingerprint density at radius 2 is 1.74 bits per heavy atom. The van der Waals surface area contributed by atoms with Crippen molar-refractivity contribution >= 4 is 28.6 Å². The van der Waals surface area contributed by atoms with Crippen LogP contribution in [0.5, 0.6) is 0 Å². The van der Waals surface area contributed by atoms with Crippen LogP contribution in [0.2, 0.25) is 0 Å². The first-order valence-corrected chi connectivity index (χ1v) is 9.33. The number of nitro benzene ring substituents is 1. The van der Waals surface area contributed by atoms with Gasteiger partial charge < -0.3 is 5.32 Å². The van der Waals surface area contributed by atoms with Crippen LogP contribution < -0.4 is 10.6 Å². The molecule has 2 aromatic carbocycles. The van der Waals surface area contributed by atoms with Gasteiger partial charge in [0, 0.05) is 10.9 Å². The van der Waals surface area contributed by atoms with E-state index in [9.17, 15) is 14.9 Å². The van der Waals surface area contributed by atoms with E-state index >= 15 is 0 Å². The molecule has 0 fully saturated rings. The van der Waals surface area contributed by atoms with E-state index < -0.39 is 11.0 Å². The average molecular weight is 381 g/mol. The molecule has 0 saturated heterocycles. The minimum Gasteiger partial charge on any atom is -0.319 e. The van der Waals surface area contributed by atoms with Crippen molar-refractivity contribution in [1.82, 2.24) is 5.32 Å². The van der Waals surface area contributed by atoms with Crippen LogP contribution >= 0.6 is 11.3 Å². The SMILES string of the molecule is C[C@H](N[C@H](c1ccccc1)c1cccs1)C(=O)Nc1ccccc1[N+](=O)[O-]. The van der Waals surface area contributed by atoms with Gasteiger partial charge in [0.25, 0.3) is 5.69 Å². The summed E-state index contributed by atoms with van der Waals surface area (Å²) in [4.78, 5) is 24.3. The fraction of sp³-hybridized carbons (Fsp3) is 0.150. The van der Waals surface area contributed by atoms with E-state index in [4.69, 9.17) is 0 Å². The van der Waals surface area contributed by atoms with E-state index in [1.165, 1.54) is 12.1 Å². The van der Waals surface area contributed by atoms with E-state index in [2.05, 4.69) is 10.6 Å². The number of thiophene rings is 1. The number of nitrogens with zero attached hydrogens (tertiary/aromatic N) is 1. The molecule has 0 aliphatic carbocycles. The third kappa shape index (κ3) is 4.58. The van der Waals surface area contributed by atoms with E-state index in [1.807, 2.05) is 47.8 Å². The Hall–Kier alpha value is -3.03. The molecule has 3 aromatic rings. The lowest BCUT2D eigenvalue weighted by Crippen LogP contribution is -2.40. The number of hydrogen-bond donors (Lipinski definition) is 2. The highest BCUT2D eigenvalue weighted by atomic mass is 32.1. The molecule has 7 heteroatoms. The fourth-order valence-corrected chi connectivity index (χ4v) is 3.56. The van der Waals surface area contributed by atoms with E-state index in [0.29, 0.717) is 0 Å². The van der Waals surface area contributed by atoms with Crippen molar-refractivity contribution in [2.24, 2.45) is 0 Å². The summed E-state index contributed by atoms with van der Waals surface area (Å²) >= 11 is 1.61. The molecule has 1 aromatic heterocycles. The highest BCUT2D eigenvalue weighted by molar-refractivity contribution is 7.10. The van der Waals surface area contributed by atoms with Crippen LogP contribution in [0.25, 0.3) is 0 Å². The molecule has 0 aliphatic rings. The number of rotatable bonds is 7. The first-order chi connectivity index (χ1) is 13.1. The van der Waals surface area contributed by atoms with Crippen molar-refractivity contribution in [2.75, 3.05) is 5.32 Å². The average Bonchev–Trinajstić information content (AvgIpc) is 3.21. The second kappa shape index (κ2) is 8.57. The molecule has 1 heterocycles. The van der Waals surface area contributed by atoms with Crippen LogP contribution in [0.15, 0.2) is 72.1 Å². The molecular weight excluding hydrogens is 362 g/mol. The largest absolute Gasteiger partial charge is 0.319 e. The Balaban J connectivity index is 1.77. The van der Waals surface area contributed by atoms with E-state index in [-0.39, 0.29) is 23.3 Å². The Bertz CT molecular complexity index is 913. The zero-order valence-electron chi connectivity index (χ0n) is 14.7. The third-order valence-corrected chi connectivity index (χ3v) is 5.07. The Morgan fingerprint density at radius 1 is 1.04 bits per heavy atom. The number of hydrogen-bond acceptors (Lipinski definition) is 5. The lowest BCUT2D eigenvalue weighted by molar-refractivity contribution is -0.383. The lowest BCUT2D eigenvalue weighted by atomic mass is 10.0. The van der Waals surface area contributed by atoms with Gasteiger partial charge in [0.2, 0.25) is 5.91 Å². The van der Waals surface area contributed by atoms with Crippen LogP contribution in [-0.2, 0) is 4.79 Å². The second-order valence-corrected chi connectivity index (χ2v) is 6.99. The molecule has 138 valence electrons. The number of nitro groups is 1. The second-order valence-electron chi connectivity index (χ2n) is 6.01. The molecule has 0 saturated carbocycles. The number of amides is 1. The molecule has 0 spiro atoms. The Kier molecular flexibility index (Phi) is 5.95. The van der Waals surface area contributed by atoms with Crippen molar-refractivity contribution in [3.05, 3.63) is 92.7 Å². The predicted molar refractivity (Wildman–Crippen MR) is 107 cm³/mol. The van der Waals surface area contributed by atoms with Gasteiger partial charge in [-0.1, -0.05) is 48.5 Å². The molecule has 6 nitrogen and oxygen atoms in total. The molecular formula is C20H19N3O3S. The van der Waals surface area contributed by atoms with Crippen LogP contribution in [0.3, 0.4) is 0 Å². The predicted octanol–water partition coefficient (Wildman–Crippen LogP) is 4.36. The molecule has 0 aliphatic heterocycles. The molecule has 2 N–H and O–H groups in total. The minimum atomic E-state index is -0.558. The number of para-hydroxylation sites is 2. The summed E-state index contributed by atoms with van der Waals surface area (Å²) < 4.78 is 0. The van der Waals surface area contributed by atoms with Crippen molar-refractivity contribution in [3.8, 4) is 0 Å². The van der Waals surface area contributed by atoms with E-state index in [0.717, 1.165) is 10.4 Å². The van der Waals surface area contributed by atoms with Crippen LogP contribution in [0, 0.1) is 10.1 Å². The monoisotopic (exact) mass is 381 g/mol. The van der Waals surface area contributed by atoms with Gasteiger partial charge in [0.05, 0.1) is 17.0 Å². The number of benzene rings is 2. The summed E-state index contributed by atoms with van der Waals surface area (Å²) in [6.07, 6.45) is 0. The number of nitrogens with one attached hydrogen (secondary N) is 2. The van der Waals surface area contributed by atoms with Crippen LogP contribution in [0.1, 0.15) is 23.4 Å². The number of anilines is 1. The van der Waals surface area contributed by atoms with Gasteiger partial charge in [-0.2, -0.15) is 0 Å². The summed E-state index contributed by atoms with van der Waals surface area (Å²) in [5.41, 5.74) is 1.11. The molecule has 2 atom stereocenters. The lowest BCUT2D eigenvalue weighted by Gasteiger charge is -2.22. The first-order valence-electron chi connectivity index (χ1n) is 8.45. The van der Waals surface area contributed by atoms with Crippen LogP contribution in [-0.4, -0.2) is 16.9 Å². The van der Waals surface area contributed by atoms with Crippen molar-refractivity contribution < 1.29 is 9.72 Å².